The topological polar surface area (TPSA) is 150 Å². The lowest BCUT2D eigenvalue weighted by atomic mass is 10.0. The Balaban J connectivity index is 2.21. The molecule has 0 saturated heterocycles. The number of primary amides is 1. The highest BCUT2D eigenvalue weighted by molar-refractivity contribution is 7.09. The molecule has 1 atom stereocenters. The molecule has 3 aromatic rings. The minimum Gasteiger partial charge on any atom is -0.497 e. The monoisotopic (exact) mass is 511 g/mol. The van der Waals surface area contributed by atoms with Crippen LogP contribution in [0, 0.1) is 13.8 Å². The van der Waals surface area contributed by atoms with E-state index in [1.165, 1.54) is 19.1 Å². The van der Waals surface area contributed by atoms with Crippen molar-refractivity contribution in [3.05, 3.63) is 69.7 Å². The predicted octanol–water partition coefficient (Wildman–Crippen LogP) is 2.60. The number of aromatic nitrogens is 1. The fourth-order valence-electron chi connectivity index (χ4n) is 3.79. The molecule has 3 rings (SSSR count). The summed E-state index contributed by atoms with van der Waals surface area (Å²) in [6.07, 6.45) is 0. The summed E-state index contributed by atoms with van der Waals surface area (Å²) in [6.45, 7) is 4.33. The Morgan fingerprint density at radius 3 is 2.25 bits per heavy atom. The molecule has 1 heterocycles. The molecule has 0 radical (unpaired) electrons. The predicted molar refractivity (Wildman–Crippen MR) is 138 cm³/mol. The van der Waals surface area contributed by atoms with Crippen LogP contribution in [-0.2, 0) is 9.53 Å². The molecule has 0 spiro atoms. The smallest absolute Gasteiger partial charge is 0.273 e. The van der Waals surface area contributed by atoms with Gasteiger partial charge in [0.15, 0.2) is 5.69 Å². The maximum absolute atomic E-state index is 14.0. The Morgan fingerprint density at radius 2 is 1.72 bits per heavy atom. The van der Waals surface area contributed by atoms with Crippen molar-refractivity contribution in [3.8, 4) is 5.75 Å². The maximum Gasteiger partial charge on any atom is 0.273 e. The summed E-state index contributed by atoms with van der Waals surface area (Å²) >= 11 is 0.757. The van der Waals surface area contributed by atoms with Crippen molar-refractivity contribution in [1.29, 1.82) is 0 Å². The molecule has 2 aromatic carbocycles. The number of carbonyl (C=O) groups is 3. The lowest BCUT2D eigenvalue weighted by Gasteiger charge is -2.32. The van der Waals surface area contributed by atoms with Gasteiger partial charge in [0.2, 0.25) is 5.91 Å². The zero-order chi connectivity index (χ0) is 26.4. The normalized spacial score (nSPS) is 11.6. The third kappa shape index (κ3) is 5.81. The third-order valence-corrected chi connectivity index (χ3v) is 6.25. The Bertz CT molecular complexity index is 1240. The van der Waals surface area contributed by atoms with Crippen molar-refractivity contribution in [2.24, 2.45) is 5.73 Å². The number of rotatable bonds is 10. The minimum atomic E-state index is -1.08. The number of anilines is 2. The summed E-state index contributed by atoms with van der Waals surface area (Å²) in [6, 6.07) is 11.3. The first-order chi connectivity index (χ1) is 17.2. The van der Waals surface area contributed by atoms with E-state index >= 15 is 0 Å². The van der Waals surface area contributed by atoms with Crippen LogP contribution in [0.4, 0.5) is 11.4 Å². The molecular weight excluding hydrogens is 482 g/mol. The van der Waals surface area contributed by atoms with Gasteiger partial charge in [-0.2, -0.15) is 4.37 Å². The number of nitrogens with two attached hydrogens (primary N) is 2. The Hall–Kier alpha value is -3.96. The zero-order valence-electron chi connectivity index (χ0n) is 20.5. The molecule has 0 aliphatic carbocycles. The number of nitrogens with zero attached hydrogens (tertiary/aromatic N) is 2. The first-order valence-electron chi connectivity index (χ1n) is 11.0. The molecule has 0 bridgehead atoms. The Labute approximate surface area is 213 Å². The van der Waals surface area contributed by atoms with E-state index in [-0.39, 0.29) is 22.8 Å². The fourth-order valence-corrected chi connectivity index (χ4v) is 4.53. The molecule has 0 aliphatic heterocycles. The van der Waals surface area contributed by atoms with E-state index < -0.39 is 23.8 Å². The summed E-state index contributed by atoms with van der Waals surface area (Å²) in [5.74, 6) is -1.27. The number of nitrogens with one attached hydrogen (secondary N) is 1. The second-order valence-electron chi connectivity index (χ2n) is 8.12. The molecular formula is C25H29N5O5S. The van der Waals surface area contributed by atoms with Gasteiger partial charge in [-0.05, 0) is 66.3 Å². The van der Waals surface area contributed by atoms with Crippen LogP contribution in [0.1, 0.15) is 42.9 Å². The van der Waals surface area contributed by atoms with Crippen LogP contribution < -0.4 is 26.4 Å². The standard InChI is InChI=1S/C25H29N5O5S/c1-14-11-15(2)13-17(12-14)30(25(33)22-19(26)20(23(27)31)29-36-22)21(24(32)28-9-10-34-3)16-5-7-18(35-4)8-6-16/h5-8,11-13,21H,9-10,26H2,1-4H3,(H2,27,31)(H,28,32)/t21-/m0/s1. The van der Waals surface area contributed by atoms with E-state index in [9.17, 15) is 14.4 Å². The van der Waals surface area contributed by atoms with Crippen molar-refractivity contribution in [3.63, 3.8) is 0 Å². The van der Waals surface area contributed by atoms with Crippen LogP contribution >= 0.6 is 11.5 Å². The van der Waals surface area contributed by atoms with Gasteiger partial charge in [0.05, 0.1) is 19.4 Å². The van der Waals surface area contributed by atoms with Crippen LogP contribution in [0.25, 0.3) is 0 Å². The van der Waals surface area contributed by atoms with Crippen molar-refractivity contribution in [2.75, 3.05) is 38.0 Å². The summed E-state index contributed by atoms with van der Waals surface area (Å²) in [5, 5.41) is 2.83. The van der Waals surface area contributed by atoms with Gasteiger partial charge < -0.3 is 26.3 Å². The molecule has 0 saturated carbocycles. The molecule has 0 unspecified atom stereocenters. The van der Waals surface area contributed by atoms with Gasteiger partial charge >= 0.3 is 0 Å². The van der Waals surface area contributed by atoms with Crippen molar-refractivity contribution < 1.29 is 23.9 Å². The molecule has 0 fully saturated rings. The number of benzene rings is 2. The van der Waals surface area contributed by atoms with E-state index in [4.69, 9.17) is 20.9 Å². The van der Waals surface area contributed by atoms with Crippen molar-refractivity contribution in [2.45, 2.75) is 19.9 Å². The highest BCUT2D eigenvalue weighted by Crippen LogP contribution is 2.34. The van der Waals surface area contributed by atoms with Crippen LogP contribution in [-0.4, -0.2) is 49.5 Å². The number of nitrogen functional groups attached to an aromatic ring is 1. The average Bonchev–Trinajstić information content (AvgIpc) is 3.23. The number of hydrogen-bond acceptors (Lipinski definition) is 8. The van der Waals surface area contributed by atoms with Crippen LogP contribution in [0.15, 0.2) is 42.5 Å². The molecule has 1 aromatic heterocycles. The first kappa shape index (κ1) is 26.6. The van der Waals surface area contributed by atoms with Crippen LogP contribution in [0.2, 0.25) is 0 Å². The van der Waals surface area contributed by atoms with E-state index in [0.29, 0.717) is 23.6 Å². The molecule has 10 nitrogen and oxygen atoms in total. The lowest BCUT2D eigenvalue weighted by molar-refractivity contribution is -0.122. The second-order valence-corrected chi connectivity index (χ2v) is 8.89. The lowest BCUT2D eigenvalue weighted by Crippen LogP contribution is -2.44. The quantitative estimate of drug-likeness (QED) is 0.354. The highest BCUT2D eigenvalue weighted by atomic mass is 32.1. The number of carbonyl (C=O) groups excluding carboxylic acids is 3. The van der Waals surface area contributed by atoms with Gasteiger partial charge in [-0.15, -0.1) is 0 Å². The Kier molecular flexibility index (Phi) is 8.62. The maximum atomic E-state index is 14.0. The largest absolute Gasteiger partial charge is 0.497 e. The van der Waals surface area contributed by atoms with Crippen LogP contribution in [0.5, 0.6) is 5.75 Å². The van der Waals surface area contributed by atoms with Gasteiger partial charge in [0.25, 0.3) is 11.8 Å². The summed E-state index contributed by atoms with van der Waals surface area (Å²) in [7, 11) is 3.07. The molecule has 11 heteroatoms. The van der Waals surface area contributed by atoms with Gasteiger partial charge in [-0.1, -0.05) is 18.2 Å². The first-order valence-corrected chi connectivity index (χ1v) is 11.8. The molecule has 0 aliphatic rings. The van der Waals surface area contributed by atoms with Gasteiger partial charge in [-0.3, -0.25) is 19.3 Å². The second kappa shape index (κ2) is 11.6. The van der Waals surface area contributed by atoms with Gasteiger partial charge in [-0.25, -0.2) is 0 Å². The number of amides is 3. The SMILES string of the molecule is COCCNC(=O)[C@H](c1ccc(OC)cc1)N(C(=O)c1snc(C(N)=O)c1N)c1cc(C)cc(C)c1. The number of ether oxygens (including phenoxy) is 2. The fraction of sp³-hybridized carbons (Fsp3) is 0.280. The summed E-state index contributed by atoms with van der Waals surface area (Å²) < 4.78 is 14.3. The zero-order valence-corrected chi connectivity index (χ0v) is 21.3. The number of aryl methyl sites for hydroxylation is 2. The number of methoxy groups -OCH3 is 2. The van der Waals surface area contributed by atoms with Gasteiger partial charge in [0.1, 0.15) is 16.7 Å². The molecule has 5 N–H and O–H groups in total. The molecule has 36 heavy (non-hydrogen) atoms. The third-order valence-electron chi connectivity index (χ3n) is 5.40. The Morgan fingerprint density at radius 1 is 1.08 bits per heavy atom. The minimum absolute atomic E-state index is 0.00571. The van der Waals surface area contributed by atoms with Gasteiger partial charge in [0, 0.05) is 19.3 Å². The highest BCUT2D eigenvalue weighted by Gasteiger charge is 2.36. The number of hydrogen-bond donors (Lipinski definition) is 3. The van der Waals surface area contributed by atoms with Crippen molar-refractivity contribution in [1.82, 2.24) is 9.69 Å². The average molecular weight is 512 g/mol. The van der Waals surface area contributed by atoms with E-state index in [0.717, 1.165) is 22.7 Å². The van der Waals surface area contributed by atoms with E-state index in [1.807, 2.05) is 19.9 Å². The van der Waals surface area contributed by atoms with E-state index in [2.05, 4.69) is 9.69 Å². The van der Waals surface area contributed by atoms with Crippen molar-refractivity contribution >= 4 is 40.6 Å². The van der Waals surface area contributed by atoms with Crippen LogP contribution in [0.3, 0.4) is 0 Å². The summed E-state index contributed by atoms with van der Waals surface area (Å²) in [4.78, 5) is 40.7. The molecule has 3 amide bonds. The van der Waals surface area contributed by atoms with E-state index in [1.54, 1.807) is 36.4 Å². The summed E-state index contributed by atoms with van der Waals surface area (Å²) in [5.41, 5.74) is 14.0. The molecule has 190 valence electrons.